The predicted octanol–water partition coefficient (Wildman–Crippen LogP) is 7.12. The highest BCUT2D eigenvalue weighted by atomic mass is 16.5. The molecule has 0 saturated heterocycles. The Hall–Kier alpha value is -2.55. The topological polar surface area (TPSA) is 37.9 Å². The lowest BCUT2D eigenvalue weighted by molar-refractivity contribution is 0.177. The molecule has 1 fully saturated rings. The molecule has 1 N–H and O–H groups in total. The first-order valence-electron chi connectivity index (χ1n) is 10.9. The number of H-pyrrole nitrogens is 1. The van der Waals surface area contributed by atoms with Crippen LogP contribution >= 0.6 is 0 Å². The standard InChI is InChI=1S/C26H32N2O/c1-26(2)14-12-20(13-15-26)5-4-18-29-24-10-8-21(9-11-24)22-6-3-7-23(19-22)25-27-16-17-28-25/h3,6-11,16-17,19-20H,4-5,12-15,18H2,1-2H3,(H,27,28). The van der Waals surface area contributed by atoms with E-state index < -0.39 is 0 Å². The fourth-order valence-corrected chi connectivity index (χ4v) is 4.32. The highest BCUT2D eigenvalue weighted by molar-refractivity contribution is 5.70. The summed E-state index contributed by atoms with van der Waals surface area (Å²) in [4.78, 5) is 7.51. The Balaban J connectivity index is 1.27. The number of rotatable bonds is 7. The van der Waals surface area contributed by atoms with Crippen LogP contribution in [0.3, 0.4) is 0 Å². The second kappa shape index (κ2) is 8.86. The maximum atomic E-state index is 6.00. The first-order chi connectivity index (χ1) is 14.1. The number of ether oxygens (including phenoxy) is 1. The number of hydrogen-bond acceptors (Lipinski definition) is 2. The van der Waals surface area contributed by atoms with Gasteiger partial charge in [-0.25, -0.2) is 4.98 Å². The van der Waals surface area contributed by atoms with Crippen molar-refractivity contribution in [2.75, 3.05) is 6.61 Å². The summed E-state index contributed by atoms with van der Waals surface area (Å²) in [6.45, 7) is 5.62. The molecule has 3 heteroatoms. The van der Waals surface area contributed by atoms with Crippen molar-refractivity contribution < 1.29 is 4.74 Å². The van der Waals surface area contributed by atoms with Crippen molar-refractivity contribution in [2.45, 2.75) is 52.4 Å². The molecule has 2 aromatic carbocycles. The lowest BCUT2D eigenvalue weighted by Gasteiger charge is -2.34. The van der Waals surface area contributed by atoms with Crippen LogP contribution in [0.4, 0.5) is 0 Å². The molecule has 0 aliphatic heterocycles. The largest absolute Gasteiger partial charge is 0.494 e. The highest BCUT2D eigenvalue weighted by Gasteiger charge is 2.26. The molecule has 0 radical (unpaired) electrons. The van der Waals surface area contributed by atoms with Gasteiger partial charge >= 0.3 is 0 Å². The van der Waals surface area contributed by atoms with Crippen molar-refractivity contribution in [3.63, 3.8) is 0 Å². The zero-order valence-corrected chi connectivity index (χ0v) is 17.7. The Labute approximate surface area is 174 Å². The van der Waals surface area contributed by atoms with Gasteiger partial charge < -0.3 is 9.72 Å². The van der Waals surface area contributed by atoms with Gasteiger partial charge in [0, 0.05) is 18.0 Å². The summed E-state index contributed by atoms with van der Waals surface area (Å²) >= 11 is 0. The van der Waals surface area contributed by atoms with Crippen molar-refractivity contribution in [1.82, 2.24) is 9.97 Å². The van der Waals surface area contributed by atoms with Crippen LogP contribution in [0, 0.1) is 11.3 Å². The molecule has 0 bridgehead atoms. The molecular formula is C26H32N2O. The van der Waals surface area contributed by atoms with Crippen LogP contribution in [0.15, 0.2) is 60.9 Å². The lowest BCUT2D eigenvalue weighted by atomic mass is 9.72. The average Bonchev–Trinajstić information content (AvgIpc) is 3.28. The van der Waals surface area contributed by atoms with Gasteiger partial charge in [-0.3, -0.25) is 0 Å². The second-order valence-corrected chi connectivity index (χ2v) is 9.14. The van der Waals surface area contributed by atoms with E-state index >= 15 is 0 Å². The highest BCUT2D eigenvalue weighted by Crippen LogP contribution is 2.39. The smallest absolute Gasteiger partial charge is 0.137 e. The van der Waals surface area contributed by atoms with E-state index in [0.29, 0.717) is 5.41 Å². The molecule has 4 rings (SSSR count). The van der Waals surface area contributed by atoms with Crippen molar-refractivity contribution in [2.24, 2.45) is 11.3 Å². The third-order valence-corrected chi connectivity index (χ3v) is 6.31. The Morgan fingerprint density at radius 2 is 1.76 bits per heavy atom. The Kier molecular flexibility index (Phi) is 6.03. The van der Waals surface area contributed by atoms with E-state index in [2.05, 4.69) is 72.3 Å². The Morgan fingerprint density at radius 1 is 1.00 bits per heavy atom. The van der Waals surface area contributed by atoms with E-state index in [1.807, 2.05) is 6.20 Å². The fraction of sp³-hybridized carbons (Fsp3) is 0.423. The van der Waals surface area contributed by atoms with Gasteiger partial charge in [0.2, 0.25) is 0 Å². The number of imidazole rings is 1. The summed E-state index contributed by atoms with van der Waals surface area (Å²) in [5.41, 5.74) is 4.03. The molecule has 0 unspecified atom stereocenters. The molecule has 1 aromatic heterocycles. The van der Waals surface area contributed by atoms with E-state index in [9.17, 15) is 0 Å². The number of aromatic amines is 1. The molecular weight excluding hydrogens is 356 g/mol. The summed E-state index contributed by atoms with van der Waals surface area (Å²) in [7, 11) is 0. The van der Waals surface area contributed by atoms with Gasteiger partial charge in [0.1, 0.15) is 11.6 Å². The minimum Gasteiger partial charge on any atom is -0.494 e. The number of nitrogens with zero attached hydrogens (tertiary/aromatic N) is 1. The zero-order chi connectivity index (χ0) is 20.1. The second-order valence-electron chi connectivity index (χ2n) is 9.14. The van der Waals surface area contributed by atoms with Crippen LogP contribution < -0.4 is 4.74 Å². The molecule has 0 spiro atoms. The quantitative estimate of drug-likeness (QED) is 0.438. The van der Waals surface area contributed by atoms with E-state index in [1.165, 1.54) is 43.2 Å². The summed E-state index contributed by atoms with van der Waals surface area (Å²) in [5.74, 6) is 2.75. The van der Waals surface area contributed by atoms with E-state index in [-0.39, 0.29) is 0 Å². The SMILES string of the molecule is CC1(C)CCC(CCCOc2ccc(-c3cccc(-c4ncc[nH]4)c3)cc2)CC1. The number of hydrogen-bond donors (Lipinski definition) is 1. The minimum absolute atomic E-state index is 0.562. The first-order valence-corrected chi connectivity index (χ1v) is 10.9. The molecule has 152 valence electrons. The van der Waals surface area contributed by atoms with E-state index in [4.69, 9.17) is 4.74 Å². The number of nitrogens with one attached hydrogen (secondary N) is 1. The Bertz CT molecular complexity index is 887. The number of benzene rings is 2. The first kappa shape index (κ1) is 19.8. The zero-order valence-electron chi connectivity index (χ0n) is 17.7. The van der Waals surface area contributed by atoms with E-state index in [1.54, 1.807) is 6.20 Å². The molecule has 3 nitrogen and oxygen atoms in total. The molecule has 1 heterocycles. The van der Waals surface area contributed by atoms with Crippen LogP contribution in [0.25, 0.3) is 22.5 Å². The summed E-state index contributed by atoms with van der Waals surface area (Å²) in [5, 5.41) is 0. The lowest BCUT2D eigenvalue weighted by Crippen LogP contribution is -2.21. The average molecular weight is 389 g/mol. The van der Waals surface area contributed by atoms with E-state index in [0.717, 1.165) is 36.1 Å². The van der Waals surface area contributed by atoms with Gasteiger partial charge in [-0.1, -0.05) is 44.2 Å². The maximum Gasteiger partial charge on any atom is 0.137 e. The normalized spacial score (nSPS) is 16.6. The maximum absolute atomic E-state index is 6.00. The van der Waals surface area contributed by atoms with Crippen molar-refractivity contribution in [3.8, 4) is 28.3 Å². The number of aromatic nitrogens is 2. The monoisotopic (exact) mass is 388 g/mol. The van der Waals surface area contributed by atoms with Gasteiger partial charge in [-0.05, 0) is 79.2 Å². The van der Waals surface area contributed by atoms with Crippen LogP contribution in [-0.4, -0.2) is 16.6 Å². The van der Waals surface area contributed by atoms with Gasteiger partial charge in [0.25, 0.3) is 0 Å². The fourth-order valence-electron chi connectivity index (χ4n) is 4.32. The van der Waals surface area contributed by atoms with Crippen molar-refractivity contribution in [3.05, 3.63) is 60.9 Å². The molecule has 1 aliphatic carbocycles. The van der Waals surface area contributed by atoms with Gasteiger partial charge in [0.05, 0.1) is 6.61 Å². The summed E-state index contributed by atoms with van der Waals surface area (Å²) in [6.07, 6.45) is 11.6. The minimum atomic E-state index is 0.562. The van der Waals surface area contributed by atoms with Gasteiger partial charge in [-0.15, -0.1) is 0 Å². The van der Waals surface area contributed by atoms with Crippen LogP contribution in [-0.2, 0) is 0 Å². The molecule has 29 heavy (non-hydrogen) atoms. The third-order valence-electron chi connectivity index (χ3n) is 6.31. The molecule has 3 aromatic rings. The molecule has 0 atom stereocenters. The van der Waals surface area contributed by atoms with Gasteiger partial charge in [0.15, 0.2) is 0 Å². The van der Waals surface area contributed by atoms with Crippen molar-refractivity contribution >= 4 is 0 Å². The molecule has 0 amide bonds. The predicted molar refractivity (Wildman–Crippen MR) is 120 cm³/mol. The Morgan fingerprint density at radius 3 is 2.48 bits per heavy atom. The molecule has 1 saturated carbocycles. The summed E-state index contributed by atoms with van der Waals surface area (Å²) < 4.78 is 6.00. The van der Waals surface area contributed by atoms with Crippen LogP contribution in [0.2, 0.25) is 0 Å². The van der Waals surface area contributed by atoms with Crippen LogP contribution in [0.1, 0.15) is 52.4 Å². The van der Waals surface area contributed by atoms with Gasteiger partial charge in [-0.2, -0.15) is 0 Å². The molecule has 1 aliphatic rings. The third kappa shape index (κ3) is 5.29. The van der Waals surface area contributed by atoms with Crippen LogP contribution in [0.5, 0.6) is 5.75 Å². The summed E-state index contributed by atoms with van der Waals surface area (Å²) in [6, 6.07) is 16.9. The van der Waals surface area contributed by atoms with Crippen molar-refractivity contribution in [1.29, 1.82) is 0 Å².